The molecule has 27 heavy (non-hydrogen) atoms. The number of hydrogen-bond donors (Lipinski definition) is 1. The first-order chi connectivity index (χ1) is 13.2. The molecule has 0 unspecified atom stereocenters. The lowest BCUT2D eigenvalue weighted by Crippen LogP contribution is -2.17. The van der Waals surface area contributed by atoms with Crippen molar-refractivity contribution < 1.29 is 4.79 Å². The van der Waals surface area contributed by atoms with E-state index in [9.17, 15) is 4.79 Å². The summed E-state index contributed by atoms with van der Waals surface area (Å²) < 4.78 is 3.33. The van der Waals surface area contributed by atoms with E-state index in [0.717, 1.165) is 15.7 Å². The number of nitrogens with zero attached hydrogens (tertiary/aromatic N) is 2. The fraction of sp³-hybridized carbons (Fsp3) is 0.0909. The van der Waals surface area contributed by atoms with E-state index in [1.54, 1.807) is 12.3 Å². The van der Waals surface area contributed by atoms with E-state index in [4.69, 9.17) is 0 Å². The van der Waals surface area contributed by atoms with Crippen molar-refractivity contribution in [3.63, 3.8) is 0 Å². The third-order valence-corrected chi connectivity index (χ3v) is 5.25. The summed E-state index contributed by atoms with van der Waals surface area (Å²) in [4.78, 5) is 12.2. The molecule has 0 aliphatic rings. The van der Waals surface area contributed by atoms with Gasteiger partial charge in [-0.1, -0.05) is 30.3 Å². The maximum atomic E-state index is 12.2. The number of amides is 1. The normalized spacial score (nSPS) is 11.5. The molecule has 4 nitrogen and oxygen atoms in total. The Balaban J connectivity index is 1.62. The van der Waals surface area contributed by atoms with Gasteiger partial charge in [0.2, 0.25) is 0 Å². The zero-order chi connectivity index (χ0) is 18.8. The Bertz CT molecular complexity index is 1180. The molecule has 0 radical (unpaired) electrons. The molecule has 5 heteroatoms. The maximum absolute atomic E-state index is 12.2. The minimum absolute atomic E-state index is 0.214. The monoisotopic (exact) mass is 467 g/mol. The van der Waals surface area contributed by atoms with Gasteiger partial charge in [-0.15, -0.1) is 0 Å². The predicted octanol–water partition coefficient (Wildman–Crippen LogP) is 5.18. The summed E-state index contributed by atoms with van der Waals surface area (Å²) in [6.07, 6.45) is 1.68. The van der Waals surface area contributed by atoms with E-state index < -0.39 is 0 Å². The number of hydrogen-bond acceptors (Lipinski definition) is 2. The van der Waals surface area contributed by atoms with Crippen LogP contribution in [0.5, 0.6) is 0 Å². The third-order valence-electron chi connectivity index (χ3n) is 4.58. The molecule has 0 saturated heterocycles. The highest BCUT2D eigenvalue weighted by atomic mass is 127. The van der Waals surface area contributed by atoms with Gasteiger partial charge in [0.05, 0.1) is 6.21 Å². The first-order valence-electron chi connectivity index (χ1n) is 8.77. The van der Waals surface area contributed by atoms with E-state index in [0.29, 0.717) is 5.56 Å². The highest BCUT2D eigenvalue weighted by molar-refractivity contribution is 14.1. The molecular weight excluding hydrogens is 449 g/mol. The fourth-order valence-corrected chi connectivity index (χ4v) is 3.90. The van der Waals surface area contributed by atoms with Gasteiger partial charge in [-0.2, -0.15) is 5.10 Å². The van der Waals surface area contributed by atoms with E-state index in [1.807, 2.05) is 24.3 Å². The molecule has 1 aromatic heterocycles. The van der Waals surface area contributed by atoms with Crippen molar-refractivity contribution in [3.05, 3.63) is 81.4 Å². The summed E-state index contributed by atoms with van der Waals surface area (Å²) in [6, 6.07) is 22.1. The molecular formula is C22H18IN3O. The van der Waals surface area contributed by atoms with Gasteiger partial charge in [0, 0.05) is 37.5 Å². The van der Waals surface area contributed by atoms with E-state index >= 15 is 0 Å². The average Bonchev–Trinajstić information content (AvgIpc) is 3.01. The quantitative estimate of drug-likeness (QED) is 0.251. The molecule has 1 amide bonds. The Hall–Kier alpha value is -2.67. The van der Waals surface area contributed by atoms with Crippen molar-refractivity contribution in [2.45, 2.75) is 13.5 Å². The van der Waals surface area contributed by atoms with Crippen LogP contribution >= 0.6 is 22.6 Å². The van der Waals surface area contributed by atoms with Gasteiger partial charge in [-0.05, 0) is 71.5 Å². The zero-order valence-corrected chi connectivity index (χ0v) is 17.0. The first-order valence-corrected chi connectivity index (χ1v) is 9.85. The molecule has 0 aliphatic heterocycles. The van der Waals surface area contributed by atoms with Crippen molar-refractivity contribution >= 4 is 56.5 Å². The average molecular weight is 467 g/mol. The van der Waals surface area contributed by atoms with Gasteiger partial charge in [0.1, 0.15) is 0 Å². The second kappa shape index (κ2) is 7.52. The van der Waals surface area contributed by atoms with Gasteiger partial charge in [-0.3, -0.25) is 4.79 Å². The van der Waals surface area contributed by atoms with Gasteiger partial charge in [-0.25, -0.2) is 5.43 Å². The van der Waals surface area contributed by atoms with Gasteiger partial charge >= 0.3 is 0 Å². The summed E-state index contributed by atoms with van der Waals surface area (Å²) in [7, 11) is 0. The number of halogens is 1. The molecule has 0 aliphatic carbocycles. The largest absolute Gasteiger partial charge is 0.341 e. The van der Waals surface area contributed by atoms with Crippen molar-refractivity contribution in [2.75, 3.05) is 0 Å². The van der Waals surface area contributed by atoms with Crippen LogP contribution in [-0.2, 0) is 6.54 Å². The SMILES string of the molecule is CCn1c2ccccc2c2cc(/C=N/NC(=O)c3cccc(I)c3)ccc21. The molecule has 0 spiro atoms. The molecule has 0 saturated carbocycles. The van der Waals surface area contributed by atoms with Crippen LogP contribution in [-0.4, -0.2) is 16.7 Å². The van der Waals surface area contributed by atoms with Crippen LogP contribution in [0.3, 0.4) is 0 Å². The lowest BCUT2D eigenvalue weighted by atomic mass is 10.1. The molecule has 0 atom stereocenters. The molecule has 1 N–H and O–H groups in total. The Morgan fingerprint density at radius 3 is 2.67 bits per heavy atom. The van der Waals surface area contributed by atoms with Crippen molar-refractivity contribution in [2.24, 2.45) is 5.10 Å². The van der Waals surface area contributed by atoms with Gasteiger partial charge < -0.3 is 4.57 Å². The lowest BCUT2D eigenvalue weighted by Gasteiger charge is -2.03. The van der Waals surface area contributed by atoms with Crippen LogP contribution in [0.25, 0.3) is 21.8 Å². The zero-order valence-electron chi connectivity index (χ0n) is 14.8. The standard InChI is InChI=1S/C22H18IN3O/c1-2-26-20-9-4-3-8-18(20)19-12-15(10-11-21(19)26)14-24-25-22(27)16-6-5-7-17(23)13-16/h3-14H,2H2,1H3,(H,25,27)/b24-14+. The van der Waals surface area contributed by atoms with E-state index in [2.05, 4.69) is 81.0 Å². The van der Waals surface area contributed by atoms with Crippen LogP contribution < -0.4 is 5.43 Å². The molecule has 3 aromatic carbocycles. The molecule has 0 fully saturated rings. The predicted molar refractivity (Wildman–Crippen MR) is 119 cm³/mol. The van der Waals surface area contributed by atoms with Crippen LogP contribution in [0, 0.1) is 3.57 Å². The second-order valence-electron chi connectivity index (χ2n) is 6.25. The van der Waals surface area contributed by atoms with E-state index in [-0.39, 0.29) is 5.91 Å². The minimum Gasteiger partial charge on any atom is -0.341 e. The summed E-state index contributed by atoms with van der Waals surface area (Å²) in [5.74, 6) is -0.214. The fourth-order valence-electron chi connectivity index (χ4n) is 3.35. The smallest absolute Gasteiger partial charge is 0.271 e. The van der Waals surface area contributed by atoms with Crippen LogP contribution in [0.1, 0.15) is 22.8 Å². The number of aryl methyl sites for hydroxylation is 1. The molecule has 1 heterocycles. The van der Waals surface area contributed by atoms with Gasteiger partial charge in [0.25, 0.3) is 5.91 Å². The molecule has 0 bridgehead atoms. The summed E-state index contributed by atoms with van der Waals surface area (Å²) in [5.41, 5.74) is 6.58. The number of benzene rings is 3. The van der Waals surface area contributed by atoms with Crippen LogP contribution in [0.15, 0.2) is 71.8 Å². The summed E-state index contributed by atoms with van der Waals surface area (Å²) in [5, 5.41) is 6.55. The number of hydrazone groups is 1. The van der Waals surface area contributed by atoms with Gasteiger partial charge in [0.15, 0.2) is 0 Å². The van der Waals surface area contributed by atoms with Crippen molar-refractivity contribution in [3.8, 4) is 0 Å². The van der Waals surface area contributed by atoms with E-state index in [1.165, 1.54) is 21.8 Å². The van der Waals surface area contributed by atoms with Crippen molar-refractivity contribution in [1.82, 2.24) is 9.99 Å². The van der Waals surface area contributed by atoms with Crippen LogP contribution in [0.4, 0.5) is 0 Å². The Labute approximate surface area is 171 Å². The molecule has 134 valence electrons. The number of aromatic nitrogens is 1. The Kier molecular flexibility index (Phi) is 4.94. The molecule has 4 aromatic rings. The molecule has 4 rings (SSSR count). The second-order valence-corrected chi connectivity index (χ2v) is 7.49. The van der Waals surface area contributed by atoms with Crippen molar-refractivity contribution in [1.29, 1.82) is 0 Å². The summed E-state index contributed by atoms with van der Waals surface area (Å²) >= 11 is 2.19. The number of rotatable bonds is 4. The topological polar surface area (TPSA) is 46.4 Å². The third kappa shape index (κ3) is 3.47. The number of para-hydroxylation sites is 1. The number of nitrogens with one attached hydrogen (secondary N) is 1. The number of carbonyl (C=O) groups is 1. The summed E-state index contributed by atoms with van der Waals surface area (Å²) in [6.45, 7) is 3.07. The Morgan fingerprint density at radius 1 is 1.04 bits per heavy atom. The number of carbonyl (C=O) groups excluding carboxylic acids is 1. The minimum atomic E-state index is -0.214. The highest BCUT2D eigenvalue weighted by Crippen LogP contribution is 2.29. The Morgan fingerprint density at radius 2 is 1.85 bits per heavy atom. The first kappa shape index (κ1) is 17.7. The number of fused-ring (bicyclic) bond motifs is 3. The van der Waals surface area contributed by atoms with Crippen LogP contribution in [0.2, 0.25) is 0 Å². The maximum Gasteiger partial charge on any atom is 0.271 e. The lowest BCUT2D eigenvalue weighted by molar-refractivity contribution is 0.0955. The highest BCUT2D eigenvalue weighted by Gasteiger charge is 2.09.